The van der Waals surface area contributed by atoms with Gasteiger partial charge in [-0.05, 0) is 24.3 Å². The monoisotopic (exact) mass is 337 g/mol. The van der Waals surface area contributed by atoms with E-state index < -0.39 is 5.41 Å². The minimum Gasteiger partial charge on any atom is -0.331 e. The maximum atomic E-state index is 13.5. The number of aryl methyl sites for hydroxylation is 1. The van der Waals surface area contributed by atoms with Gasteiger partial charge in [0.25, 0.3) is 5.56 Å². The Balaban J connectivity index is 1.71. The number of hydrogen-bond acceptors (Lipinski definition) is 3. The number of rotatable bonds is 2. The molecule has 25 heavy (non-hydrogen) atoms. The van der Waals surface area contributed by atoms with Gasteiger partial charge in [0.1, 0.15) is 5.82 Å². The van der Waals surface area contributed by atoms with E-state index >= 15 is 0 Å². The molecule has 1 aromatic heterocycles. The molecule has 2 aromatic rings. The van der Waals surface area contributed by atoms with Crippen molar-refractivity contribution < 1.29 is 4.79 Å². The number of nitrogens with zero attached hydrogens (tertiary/aromatic N) is 3. The quantitative estimate of drug-likeness (QED) is 0.845. The zero-order valence-corrected chi connectivity index (χ0v) is 15.2. The maximum absolute atomic E-state index is 13.5. The Morgan fingerprint density at radius 2 is 1.80 bits per heavy atom. The Labute approximate surface area is 147 Å². The summed E-state index contributed by atoms with van der Waals surface area (Å²) in [6, 6.07) is 10.0. The summed E-state index contributed by atoms with van der Waals surface area (Å²) in [5.41, 5.74) is 1.86. The average molecular weight is 337 g/mol. The molecule has 1 saturated carbocycles. The zero-order valence-electron chi connectivity index (χ0n) is 15.2. The topological polar surface area (TPSA) is 55.2 Å². The number of hydrogen-bond donors (Lipinski definition) is 0. The molecule has 4 rings (SSSR count). The van der Waals surface area contributed by atoms with Crippen molar-refractivity contribution in [2.24, 2.45) is 12.5 Å². The van der Waals surface area contributed by atoms with Crippen molar-refractivity contribution in [1.29, 1.82) is 0 Å². The first-order valence-corrected chi connectivity index (χ1v) is 8.68. The highest BCUT2D eigenvalue weighted by molar-refractivity contribution is 5.93. The second kappa shape index (κ2) is 5.04. The van der Waals surface area contributed by atoms with E-state index in [9.17, 15) is 9.59 Å². The summed E-state index contributed by atoms with van der Waals surface area (Å²) in [6.45, 7) is 6.89. The van der Waals surface area contributed by atoms with Crippen LogP contribution >= 0.6 is 0 Å². The highest BCUT2D eigenvalue weighted by atomic mass is 16.2. The number of carbonyl (C=O) groups is 1. The molecule has 1 aliphatic carbocycles. The molecule has 0 N–H and O–H groups in total. The molecule has 0 bridgehead atoms. The van der Waals surface area contributed by atoms with Crippen molar-refractivity contribution in [1.82, 2.24) is 14.5 Å². The van der Waals surface area contributed by atoms with Gasteiger partial charge in [0, 0.05) is 7.05 Å². The summed E-state index contributed by atoms with van der Waals surface area (Å²) in [5.74, 6) is 0.795. The molecule has 0 spiro atoms. The van der Waals surface area contributed by atoms with E-state index in [0.717, 1.165) is 17.7 Å². The number of benzene rings is 1. The Kier molecular flexibility index (Phi) is 3.24. The number of fused-ring (bicyclic) bond motifs is 1. The average Bonchev–Trinajstić information content (AvgIpc) is 2.96. The molecule has 5 nitrogen and oxygen atoms in total. The molecule has 2 aliphatic rings. The Bertz CT molecular complexity index is 930. The van der Waals surface area contributed by atoms with Crippen molar-refractivity contribution in [2.75, 3.05) is 0 Å². The van der Waals surface area contributed by atoms with Crippen molar-refractivity contribution in [2.45, 2.75) is 45.7 Å². The lowest BCUT2D eigenvalue weighted by molar-refractivity contribution is -0.135. The van der Waals surface area contributed by atoms with Gasteiger partial charge in [-0.25, -0.2) is 4.98 Å². The van der Waals surface area contributed by atoms with E-state index in [0.29, 0.717) is 24.5 Å². The Morgan fingerprint density at radius 1 is 1.16 bits per heavy atom. The van der Waals surface area contributed by atoms with Gasteiger partial charge in [-0.2, -0.15) is 0 Å². The van der Waals surface area contributed by atoms with Crippen LogP contribution < -0.4 is 5.56 Å². The summed E-state index contributed by atoms with van der Waals surface area (Å²) < 4.78 is 1.56. The van der Waals surface area contributed by atoms with Gasteiger partial charge >= 0.3 is 0 Å². The van der Waals surface area contributed by atoms with Crippen LogP contribution in [-0.2, 0) is 30.3 Å². The molecule has 2 heterocycles. The summed E-state index contributed by atoms with van der Waals surface area (Å²) in [5, 5.41) is 0. The SMILES string of the molecule is Cc1nc2c(c(=O)n1C)CN(C(=O)[C@]1(c3ccccc3)CC1(C)C)C2. The molecule has 1 aromatic carbocycles. The van der Waals surface area contributed by atoms with Gasteiger partial charge in [0.05, 0.1) is 29.8 Å². The molecule has 5 heteroatoms. The van der Waals surface area contributed by atoms with E-state index in [2.05, 4.69) is 18.8 Å². The second-order valence-corrected chi connectivity index (χ2v) is 7.94. The first-order valence-electron chi connectivity index (χ1n) is 8.68. The Hall–Kier alpha value is -2.43. The summed E-state index contributed by atoms with van der Waals surface area (Å²) in [4.78, 5) is 32.3. The molecule has 1 atom stereocenters. The Morgan fingerprint density at radius 3 is 2.40 bits per heavy atom. The van der Waals surface area contributed by atoms with E-state index in [1.54, 1.807) is 16.5 Å². The molecule has 1 aliphatic heterocycles. The zero-order chi connectivity index (χ0) is 18.0. The van der Waals surface area contributed by atoms with Crippen LogP contribution in [0.4, 0.5) is 0 Å². The summed E-state index contributed by atoms with van der Waals surface area (Å²) in [7, 11) is 1.73. The first kappa shape index (κ1) is 16.1. The van der Waals surface area contributed by atoms with Crippen molar-refractivity contribution >= 4 is 5.91 Å². The lowest BCUT2D eigenvalue weighted by Gasteiger charge is -2.26. The van der Waals surface area contributed by atoms with Crippen LogP contribution in [0.3, 0.4) is 0 Å². The van der Waals surface area contributed by atoms with Gasteiger partial charge in [0.2, 0.25) is 5.91 Å². The third kappa shape index (κ3) is 2.11. The van der Waals surface area contributed by atoms with E-state index in [1.807, 2.05) is 37.3 Å². The van der Waals surface area contributed by atoms with Gasteiger partial charge in [-0.1, -0.05) is 44.2 Å². The predicted octanol–water partition coefficient (Wildman–Crippen LogP) is 2.30. The third-order valence-corrected chi connectivity index (χ3v) is 6.04. The fraction of sp³-hybridized carbons (Fsp3) is 0.450. The third-order valence-electron chi connectivity index (χ3n) is 6.04. The minimum absolute atomic E-state index is 0.0402. The molecular weight excluding hydrogens is 314 g/mol. The van der Waals surface area contributed by atoms with Crippen LogP contribution in [0.1, 0.15) is 42.9 Å². The fourth-order valence-corrected chi connectivity index (χ4v) is 4.26. The van der Waals surface area contributed by atoms with E-state index in [4.69, 9.17) is 0 Å². The second-order valence-electron chi connectivity index (χ2n) is 7.94. The van der Waals surface area contributed by atoms with Crippen LogP contribution in [-0.4, -0.2) is 20.4 Å². The molecule has 0 radical (unpaired) electrons. The smallest absolute Gasteiger partial charge is 0.258 e. The minimum atomic E-state index is -0.490. The van der Waals surface area contributed by atoms with Crippen molar-refractivity contribution in [3.63, 3.8) is 0 Å². The number of amides is 1. The molecule has 0 unspecified atom stereocenters. The van der Waals surface area contributed by atoms with Crippen molar-refractivity contribution in [3.05, 3.63) is 63.3 Å². The van der Waals surface area contributed by atoms with Crippen LogP contribution in [0.5, 0.6) is 0 Å². The molecule has 1 fully saturated rings. The normalized spacial score (nSPS) is 23.4. The van der Waals surface area contributed by atoms with Crippen molar-refractivity contribution in [3.8, 4) is 0 Å². The largest absolute Gasteiger partial charge is 0.331 e. The molecule has 0 saturated heterocycles. The van der Waals surface area contributed by atoms with Crippen LogP contribution in [0.15, 0.2) is 35.1 Å². The predicted molar refractivity (Wildman–Crippen MR) is 95.0 cm³/mol. The lowest BCUT2D eigenvalue weighted by atomic mass is 9.86. The summed E-state index contributed by atoms with van der Waals surface area (Å²) in [6.07, 6.45) is 0.833. The standard InChI is InChI=1S/C20H23N3O2/c1-13-21-16-11-23(10-15(16)17(24)22(13)4)18(25)20(12-19(20,2)3)14-8-6-5-7-9-14/h5-9H,10-12H2,1-4H3/t20-/m1/s1. The maximum Gasteiger partial charge on any atom is 0.258 e. The van der Waals surface area contributed by atoms with Gasteiger partial charge < -0.3 is 4.90 Å². The lowest BCUT2D eigenvalue weighted by Crippen LogP contribution is -2.39. The number of aromatic nitrogens is 2. The summed E-state index contributed by atoms with van der Waals surface area (Å²) >= 11 is 0. The fourth-order valence-electron chi connectivity index (χ4n) is 4.26. The molecule has 1 amide bonds. The van der Waals surface area contributed by atoms with E-state index in [1.165, 1.54) is 0 Å². The number of carbonyl (C=O) groups excluding carboxylic acids is 1. The molecular formula is C20H23N3O2. The van der Waals surface area contributed by atoms with Gasteiger partial charge in [0.15, 0.2) is 0 Å². The van der Waals surface area contributed by atoms with Crippen LogP contribution in [0, 0.1) is 12.3 Å². The molecule has 130 valence electrons. The highest BCUT2D eigenvalue weighted by Gasteiger charge is 2.68. The van der Waals surface area contributed by atoms with E-state index in [-0.39, 0.29) is 16.9 Å². The van der Waals surface area contributed by atoms with Gasteiger partial charge in [-0.3, -0.25) is 14.2 Å². The van der Waals surface area contributed by atoms with Crippen LogP contribution in [0.25, 0.3) is 0 Å². The van der Waals surface area contributed by atoms with Crippen LogP contribution in [0.2, 0.25) is 0 Å². The van der Waals surface area contributed by atoms with Gasteiger partial charge in [-0.15, -0.1) is 0 Å². The first-order chi connectivity index (χ1) is 11.8. The highest BCUT2D eigenvalue weighted by Crippen LogP contribution is 2.65.